The number of nitrogens with zero attached hydrogens (tertiary/aromatic N) is 6. The summed E-state index contributed by atoms with van der Waals surface area (Å²) in [6.45, 7) is 6.31. The first kappa shape index (κ1) is 26.1. The predicted molar refractivity (Wildman–Crippen MR) is 154 cm³/mol. The van der Waals surface area contributed by atoms with Gasteiger partial charge in [-0.2, -0.15) is 15.0 Å². The molecule has 3 aromatic rings. The van der Waals surface area contributed by atoms with Gasteiger partial charge in [0.15, 0.2) is 5.16 Å². The van der Waals surface area contributed by atoms with E-state index in [4.69, 9.17) is 15.0 Å². The quantitative estimate of drug-likeness (QED) is 0.432. The van der Waals surface area contributed by atoms with Crippen molar-refractivity contribution in [2.45, 2.75) is 36.2 Å². The lowest BCUT2D eigenvalue weighted by Crippen LogP contribution is -2.45. The predicted octanol–water partition coefficient (Wildman–Crippen LogP) is 4.59. The Labute approximate surface area is 228 Å². The average Bonchev–Trinajstić information content (AvgIpc) is 3.39. The van der Waals surface area contributed by atoms with Gasteiger partial charge in [-0.15, -0.1) is 0 Å². The Morgan fingerprint density at radius 3 is 2.47 bits per heavy atom. The highest BCUT2D eigenvalue weighted by Gasteiger charge is 2.20. The van der Waals surface area contributed by atoms with Crippen LogP contribution in [0.25, 0.3) is 5.57 Å². The molecular formula is C29H33N7OS. The Morgan fingerprint density at radius 2 is 1.74 bits per heavy atom. The van der Waals surface area contributed by atoms with Gasteiger partial charge in [-0.3, -0.25) is 9.79 Å². The van der Waals surface area contributed by atoms with E-state index in [9.17, 15) is 4.79 Å². The first-order valence-electron chi connectivity index (χ1n) is 13.1. The fourth-order valence-corrected chi connectivity index (χ4v) is 5.16. The number of rotatable bonds is 9. The van der Waals surface area contributed by atoms with Gasteiger partial charge in [0, 0.05) is 43.9 Å². The third-order valence-corrected chi connectivity index (χ3v) is 7.44. The SMILES string of the molecule is CCCC(=O)Cc1ccc(Sc2nc(NC3=NCC(c4ccccc4)=C3)nc(N3CCN(C)CC3)n2)cc1. The van der Waals surface area contributed by atoms with Crippen LogP contribution in [0.4, 0.5) is 11.9 Å². The van der Waals surface area contributed by atoms with Crippen molar-refractivity contribution in [2.75, 3.05) is 50.0 Å². The topological polar surface area (TPSA) is 86.6 Å². The van der Waals surface area contributed by atoms with E-state index >= 15 is 0 Å². The van der Waals surface area contributed by atoms with Crippen LogP contribution in [0.3, 0.4) is 0 Å². The molecule has 0 bridgehead atoms. The van der Waals surface area contributed by atoms with E-state index in [-0.39, 0.29) is 5.78 Å². The number of carbonyl (C=O) groups is 1. The van der Waals surface area contributed by atoms with Gasteiger partial charge in [-0.05, 0) is 60.1 Å². The van der Waals surface area contributed by atoms with Crippen LogP contribution in [0.2, 0.25) is 0 Å². The Bertz CT molecular complexity index is 1320. The molecule has 1 fully saturated rings. The van der Waals surface area contributed by atoms with Crippen LogP contribution in [0.15, 0.2) is 75.7 Å². The molecule has 2 aliphatic heterocycles. The minimum Gasteiger partial charge on any atom is -0.338 e. The van der Waals surface area contributed by atoms with Crippen LogP contribution >= 0.6 is 11.8 Å². The zero-order chi connectivity index (χ0) is 26.3. The number of hydrogen-bond donors (Lipinski definition) is 1. The van der Waals surface area contributed by atoms with Gasteiger partial charge in [-0.25, -0.2) is 0 Å². The fraction of sp³-hybridized carbons (Fsp3) is 0.345. The fourth-order valence-electron chi connectivity index (χ4n) is 4.41. The van der Waals surface area contributed by atoms with E-state index in [1.807, 2.05) is 49.4 Å². The monoisotopic (exact) mass is 527 g/mol. The van der Waals surface area contributed by atoms with Crippen molar-refractivity contribution in [1.82, 2.24) is 19.9 Å². The molecule has 196 valence electrons. The van der Waals surface area contributed by atoms with Gasteiger partial charge < -0.3 is 15.1 Å². The smallest absolute Gasteiger partial charge is 0.234 e. The second-order valence-electron chi connectivity index (χ2n) is 9.61. The number of likely N-dealkylation sites (N-methyl/N-ethyl adjacent to an activating group) is 1. The highest BCUT2D eigenvalue weighted by Crippen LogP contribution is 2.28. The first-order valence-corrected chi connectivity index (χ1v) is 13.9. The molecule has 0 spiro atoms. The van der Waals surface area contributed by atoms with E-state index in [0.717, 1.165) is 60.0 Å². The van der Waals surface area contributed by atoms with Crippen molar-refractivity contribution < 1.29 is 4.79 Å². The van der Waals surface area contributed by atoms with Gasteiger partial charge in [0.25, 0.3) is 0 Å². The summed E-state index contributed by atoms with van der Waals surface area (Å²) in [5.41, 5.74) is 3.36. The molecule has 5 rings (SSSR count). The van der Waals surface area contributed by atoms with E-state index in [1.165, 1.54) is 11.8 Å². The van der Waals surface area contributed by atoms with Gasteiger partial charge >= 0.3 is 0 Å². The summed E-state index contributed by atoms with van der Waals surface area (Å²) in [7, 11) is 2.13. The van der Waals surface area contributed by atoms with E-state index in [1.54, 1.807) is 0 Å². The second-order valence-corrected chi connectivity index (χ2v) is 10.6. The van der Waals surface area contributed by atoms with Crippen molar-refractivity contribution in [3.63, 3.8) is 0 Å². The molecule has 3 heterocycles. The number of hydrogen-bond acceptors (Lipinski definition) is 9. The lowest BCUT2D eigenvalue weighted by atomic mass is 10.1. The van der Waals surface area contributed by atoms with Crippen molar-refractivity contribution in [3.05, 3.63) is 71.8 Å². The number of piperazine rings is 1. The largest absolute Gasteiger partial charge is 0.338 e. The molecule has 0 unspecified atom stereocenters. The number of nitrogens with one attached hydrogen (secondary N) is 1. The summed E-state index contributed by atoms with van der Waals surface area (Å²) in [4.78, 5) is 36.5. The molecule has 0 radical (unpaired) electrons. The van der Waals surface area contributed by atoms with Crippen LogP contribution in [-0.2, 0) is 11.2 Å². The maximum Gasteiger partial charge on any atom is 0.234 e. The molecule has 0 aliphatic carbocycles. The van der Waals surface area contributed by atoms with Gasteiger partial charge in [0.1, 0.15) is 11.6 Å². The highest BCUT2D eigenvalue weighted by atomic mass is 32.2. The maximum atomic E-state index is 12.0. The van der Waals surface area contributed by atoms with Crippen LogP contribution < -0.4 is 10.2 Å². The Hall–Kier alpha value is -3.56. The van der Waals surface area contributed by atoms with Crippen molar-refractivity contribution >= 4 is 40.9 Å². The first-order chi connectivity index (χ1) is 18.6. The summed E-state index contributed by atoms with van der Waals surface area (Å²) in [6, 6.07) is 18.4. The van der Waals surface area contributed by atoms with E-state index in [2.05, 4.69) is 45.4 Å². The van der Waals surface area contributed by atoms with Gasteiger partial charge in [0.2, 0.25) is 11.9 Å². The number of anilines is 2. The molecule has 0 atom stereocenters. The van der Waals surface area contributed by atoms with Crippen molar-refractivity contribution in [2.24, 2.45) is 4.99 Å². The number of benzene rings is 2. The molecular weight excluding hydrogens is 494 g/mol. The normalized spacial score (nSPS) is 15.8. The van der Waals surface area contributed by atoms with Gasteiger partial charge in [0.05, 0.1) is 6.54 Å². The lowest BCUT2D eigenvalue weighted by Gasteiger charge is -2.32. The number of ketones is 1. The van der Waals surface area contributed by atoms with Crippen LogP contribution in [0.1, 0.15) is 30.9 Å². The molecule has 0 amide bonds. The van der Waals surface area contributed by atoms with Crippen molar-refractivity contribution in [1.29, 1.82) is 0 Å². The average molecular weight is 528 g/mol. The van der Waals surface area contributed by atoms with E-state index < -0.39 is 0 Å². The molecule has 1 aromatic heterocycles. The van der Waals surface area contributed by atoms with Crippen LogP contribution in [0.5, 0.6) is 0 Å². The molecule has 9 heteroatoms. The summed E-state index contributed by atoms with van der Waals surface area (Å²) in [6.07, 6.45) is 4.04. The Morgan fingerprint density at radius 1 is 0.974 bits per heavy atom. The lowest BCUT2D eigenvalue weighted by molar-refractivity contribution is -0.118. The van der Waals surface area contributed by atoms with E-state index in [0.29, 0.717) is 36.4 Å². The second kappa shape index (κ2) is 12.3. The minimum absolute atomic E-state index is 0.275. The summed E-state index contributed by atoms with van der Waals surface area (Å²) in [5.74, 6) is 2.18. The Balaban J connectivity index is 1.35. The number of carbonyl (C=O) groups excluding carboxylic acids is 1. The van der Waals surface area contributed by atoms with Gasteiger partial charge in [-0.1, -0.05) is 49.4 Å². The maximum absolute atomic E-state index is 12.0. The third kappa shape index (κ3) is 6.85. The molecule has 2 aliphatic rings. The molecule has 8 nitrogen and oxygen atoms in total. The molecule has 2 aromatic carbocycles. The van der Waals surface area contributed by atoms with Crippen molar-refractivity contribution in [3.8, 4) is 0 Å². The molecule has 1 saturated heterocycles. The zero-order valence-corrected chi connectivity index (χ0v) is 22.7. The minimum atomic E-state index is 0.275. The van der Waals surface area contributed by atoms with Crippen LogP contribution in [0, 0.1) is 0 Å². The number of amidine groups is 1. The molecule has 0 saturated carbocycles. The summed E-state index contributed by atoms with van der Waals surface area (Å²) < 4.78 is 0. The third-order valence-electron chi connectivity index (χ3n) is 6.57. The highest BCUT2D eigenvalue weighted by molar-refractivity contribution is 7.99. The van der Waals surface area contributed by atoms with Crippen LogP contribution in [-0.4, -0.2) is 71.2 Å². The molecule has 38 heavy (non-hydrogen) atoms. The standard InChI is InChI=1S/C29H33N7OS/c1-3-7-24(37)18-21-10-12-25(13-11-21)38-29-33-27(32-28(34-29)36-16-14-35(2)15-17-36)31-26-19-23(20-30-26)22-8-5-4-6-9-22/h4-6,8-13,19H,3,7,14-18,20H2,1-2H3,(H,30,31,32,33,34). The Kier molecular flexibility index (Phi) is 8.45. The zero-order valence-electron chi connectivity index (χ0n) is 21.9. The molecule has 1 N–H and O–H groups in total. The summed E-state index contributed by atoms with van der Waals surface area (Å²) in [5, 5.41) is 3.94. The number of aliphatic imine (C=N–C) groups is 1. The number of Topliss-reactive ketones (excluding diaryl/α,β-unsaturated/α-hetero) is 1. The summed E-state index contributed by atoms with van der Waals surface area (Å²) >= 11 is 1.49. The number of aromatic nitrogens is 3.